The first-order valence-corrected chi connectivity index (χ1v) is 5.93. The third-order valence-electron chi connectivity index (χ3n) is 2.97. The minimum atomic E-state index is 0.557. The summed E-state index contributed by atoms with van der Waals surface area (Å²) < 4.78 is 5.22. The van der Waals surface area contributed by atoms with E-state index >= 15 is 0 Å². The van der Waals surface area contributed by atoms with Crippen molar-refractivity contribution in [2.24, 2.45) is 0 Å². The van der Waals surface area contributed by atoms with E-state index in [4.69, 9.17) is 4.52 Å². The fraction of sp³-hybridized carbons (Fsp3) is 0.818. The Labute approximate surface area is 90.4 Å². The second kappa shape index (κ2) is 5.26. The van der Waals surface area contributed by atoms with E-state index in [9.17, 15) is 0 Å². The number of aromatic nitrogens is 2. The summed E-state index contributed by atoms with van der Waals surface area (Å²) in [6.07, 6.45) is 5.92. The molecule has 4 nitrogen and oxygen atoms in total. The third-order valence-corrected chi connectivity index (χ3v) is 2.97. The molecule has 4 heteroatoms. The first-order chi connectivity index (χ1) is 7.40. The van der Waals surface area contributed by atoms with Gasteiger partial charge in [-0.1, -0.05) is 24.9 Å². The number of likely N-dealkylation sites (N-methyl/N-ethyl adjacent to an activating group) is 1. The largest absolute Gasteiger partial charge is 0.339 e. The van der Waals surface area contributed by atoms with Crippen LogP contribution >= 0.6 is 0 Å². The van der Waals surface area contributed by atoms with E-state index in [1.165, 1.54) is 25.7 Å². The van der Waals surface area contributed by atoms with Crippen molar-refractivity contribution in [3.8, 4) is 0 Å². The fourth-order valence-corrected chi connectivity index (χ4v) is 2.09. The second-order valence-electron chi connectivity index (χ2n) is 4.13. The Kier molecular flexibility index (Phi) is 3.72. The summed E-state index contributed by atoms with van der Waals surface area (Å²) in [5, 5.41) is 7.31. The molecule has 0 radical (unpaired) electrons. The number of rotatable bonds is 5. The lowest BCUT2D eigenvalue weighted by atomic mass is 10.1. The topological polar surface area (TPSA) is 51.0 Å². The molecule has 0 saturated heterocycles. The van der Waals surface area contributed by atoms with Crippen molar-refractivity contribution in [2.45, 2.75) is 44.9 Å². The van der Waals surface area contributed by atoms with Gasteiger partial charge in [0.2, 0.25) is 5.89 Å². The zero-order chi connectivity index (χ0) is 10.5. The molecule has 0 aromatic carbocycles. The Balaban J connectivity index is 1.86. The Bertz CT molecular complexity index is 292. The molecule has 0 atom stereocenters. The van der Waals surface area contributed by atoms with Crippen LogP contribution in [0.5, 0.6) is 0 Å². The van der Waals surface area contributed by atoms with Gasteiger partial charge in [-0.05, 0) is 19.4 Å². The third kappa shape index (κ3) is 2.78. The van der Waals surface area contributed by atoms with Crippen LogP contribution in [0.2, 0.25) is 0 Å². The van der Waals surface area contributed by atoms with Gasteiger partial charge in [-0.25, -0.2) is 0 Å². The van der Waals surface area contributed by atoms with Crippen LogP contribution in [-0.2, 0) is 6.42 Å². The SMILES string of the molecule is CCNCCc1nc(C2CCCC2)no1. The van der Waals surface area contributed by atoms with Crippen LogP contribution in [-0.4, -0.2) is 23.2 Å². The maximum Gasteiger partial charge on any atom is 0.227 e. The molecule has 1 aliphatic carbocycles. The van der Waals surface area contributed by atoms with E-state index in [2.05, 4.69) is 22.4 Å². The highest BCUT2D eigenvalue weighted by Gasteiger charge is 2.21. The van der Waals surface area contributed by atoms with Gasteiger partial charge in [0.25, 0.3) is 0 Å². The Morgan fingerprint density at radius 1 is 1.40 bits per heavy atom. The van der Waals surface area contributed by atoms with Crippen molar-refractivity contribution in [1.82, 2.24) is 15.5 Å². The van der Waals surface area contributed by atoms with Crippen molar-refractivity contribution in [1.29, 1.82) is 0 Å². The molecule has 2 rings (SSSR count). The summed E-state index contributed by atoms with van der Waals surface area (Å²) in [7, 11) is 0. The van der Waals surface area contributed by atoms with Crippen molar-refractivity contribution in [3.05, 3.63) is 11.7 Å². The van der Waals surface area contributed by atoms with Crippen LogP contribution in [0.1, 0.15) is 50.2 Å². The molecule has 1 aromatic rings. The molecule has 1 fully saturated rings. The molecule has 0 aliphatic heterocycles. The van der Waals surface area contributed by atoms with Gasteiger partial charge in [-0.15, -0.1) is 0 Å². The molecule has 1 saturated carbocycles. The van der Waals surface area contributed by atoms with Gasteiger partial charge >= 0.3 is 0 Å². The van der Waals surface area contributed by atoms with Crippen molar-refractivity contribution < 1.29 is 4.52 Å². The molecule has 1 heterocycles. The summed E-state index contributed by atoms with van der Waals surface area (Å²) in [4.78, 5) is 4.45. The monoisotopic (exact) mass is 209 g/mol. The van der Waals surface area contributed by atoms with Crippen LogP contribution in [0.25, 0.3) is 0 Å². The van der Waals surface area contributed by atoms with Crippen molar-refractivity contribution in [3.63, 3.8) is 0 Å². The van der Waals surface area contributed by atoms with Crippen molar-refractivity contribution in [2.75, 3.05) is 13.1 Å². The van der Waals surface area contributed by atoms with Gasteiger partial charge in [0.15, 0.2) is 5.82 Å². The number of hydrogen-bond acceptors (Lipinski definition) is 4. The Morgan fingerprint density at radius 2 is 2.20 bits per heavy atom. The highest BCUT2D eigenvalue weighted by Crippen LogP contribution is 2.32. The minimum Gasteiger partial charge on any atom is -0.339 e. The van der Waals surface area contributed by atoms with E-state index in [0.717, 1.165) is 31.2 Å². The van der Waals surface area contributed by atoms with Crippen LogP contribution in [0.15, 0.2) is 4.52 Å². The molecule has 0 unspecified atom stereocenters. The maximum absolute atomic E-state index is 5.22. The van der Waals surface area contributed by atoms with Gasteiger partial charge in [-0.3, -0.25) is 0 Å². The van der Waals surface area contributed by atoms with E-state index in [1.54, 1.807) is 0 Å². The quantitative estimate of drug-likeness (QED) is 0.752. The predicted molar refractivity (Wildman–Crippen MR) is 57.8 cm³/mol. The minimum absolute atomic E-state index is 0.557. The molecule has 0 amide bonds. The summed E-state index contributed by atoms with van der Waals surface area (Å²) in [5.41, 5.74) is 0. The highest BCUT2D eigenvalue weighted by atomic mass is 16.5. The summed E-state index contributed by atoms with van der Waals surface area (Å²) in [6, 6.07) is 0. The van der Waals surface area contributed by atoms with Gasteiger partial charge in [0, 0.05) is 18.9 Å². The lowest BCUT2D eigenvalue weighted by molar-refractivity contribution is 0.368. The fourth-order valence-electron chi connectivity index (χ4n) is 2.09. The van der Waals surface area contributed by atoms with Crippen LogP contribution in [0.4, 0.5) is 0 Å². The zero-order valence-electron chi connectivity index (χ0n) is 9.33. The lowest BCUT2D eigenvalue weighted by Crippen LogP contribution is -2.16. The van der Waals surface area contributed by atoms with E-state index < -0.39 is 0 Å². The average molecular weight is 209 g/mol. The lowest BCUT2D eigenvalue weighted by Gasteiger charge is -1.99. The smallest absolute Gasteiger partial charge is 0.227 e. The molecule has 15 heavy (non-hydrogen) atoms. The molecule has 1 N–H and O–H groups in total. The molecule has 1 aliphatic rings. The second-order valence-corrected chi connectivity index (χ2v) is 4.13. The van der Waals surface area contributed by atoms with Gasteiger partial charge < -0.3 is 9.84 Å². The number of hydrogen-bond donors (Lipinski definition) is 1. The van der Waals surface area contributed by atoms with Crippen LogP contribution in [0.3, 0.4) is 0 Å². The Morgan fingerprint density at radius 3 is 2.93 bits per heavy atom. The summed E-state index contributed by atoms with van der Waals surface area (Å²) >= 11 is 0. The van der Waals surface area contributed by atoms with E-state index in [1.807, 2.05) is 0 Å². The van der Waals surface area contributed by atoms with Crippen LogP contribution in [0, 0.1) is 0 Å². The molecule has 84 valence electrons. The van der Waals surface area contributed by atoms with E-state index in [-0.39, 0.29) is 0 Å². The Hall–Kier alpha value is -0.900. The highest BCUT2D eigenvalue weighted by molar-refractivity contribution is 4.97. The molecular formula is C11H19N3O. The number of nitrogens with one attached hydrogen (secondary N) is 1. The van der Waals surface area contributed by atoms with Crippen molar-refractivity contribution >= 4 is 0 Å². The van der Waals surface area contributed by atoms with Gasteiger partial charge in [0.1, 0.15) is 0 Å². The average Bonchev–Trinajstić information content (AvgIpc) is 2.87. The molecule has 0 bridgehead atoms. The maximum atomic E-state index is 5.22. The first kappa shape index (κ1) is 10.6. The first-order valence-electron chi connectivity index (χ1n) is 5.93. The normalized spacial score (nSPS) is 17.4. The molecule has 1 aromatic heterocycles. The number of nitrogens with zero attached hydrogens (tertiary/aromatic N) is 2. The van der Waals surface area contributed by atoms with Crippen LogP contribution < -0.4 is 5.32 Å². The summed E-state index contributed by atoms with van der Waals surface area (Å²) in [5.74, 6) is 2.26. The zero-order valence-corrected chi connectivity index (χ0v) is 9.33. The molecule has 0 spiro atoms. The van der Waals surface area contributed by atoms with Gasteiger partial charge in [-0.2, -0.15) is 4.98 Å². The predicted octanol–water partition coefficient (Wildman–Crippen LogP) is 1.88. The van der Waals surface area contributed by atoms with Gasteiger partial charge in [0.05, 0.1) is 0 Å². The summed E-state index contributed by atoms with van der Waals surface area (Å²) in [6.45, 7) is 4.00. The standard InChI is InChI=1S/C11H19N3O/c1-2-12-8-7-10-13-11(14-15-10)9-5-3-4-6-9/h9,12H,2-8H2,1H3. The molecular weight excluding hydrogens is 190 g/mol. The van der Waals surface area contributed by atoms with E-state index in [0.29, 0.717) is 5.92 Å².